The van der Waals surface area contributed by atoms with E-state index in [0.717, 1.165) is 24.3 Å². The van der Waals surface area contributed by atoms with E-state index in [9.17, 15) is 4.79 Å². The van der Waals surface area contributed by atoms with E-state index in [0.29, 0.717) is 18.1 Å². The van der Waals surface area contributed by atoms with E-state index in [1.165, 1.54) is 35.8 Å². The second kappa shape index (κ2) is 7.51. The lowest BCUT2D eigenvalue weighted by Crippen LogP contribution is -2.26. The Morgan fingerprint density at radius 1 is 1.00 bits per heavy atom. The summed E-state index contributed by atoms with van der Waals surface area (Å²) in [5, 5.41) is 3.10. The van der Waals surface area contributed by atoms with Crippen LogP contribution in [-0.4, -0.2) is 37.6 Å². The van der Waals surface area contributed by atoms with Gasteiger partial charge in [0, 0.05) is 18.2 Å². The van der Waals surface area contributed by atoms with Gasteiger partial charge in [-0.2, -0.15) is 9.50 Å². The number of likely N-dealkylation sites (tertiary alicyclic amines) is 1. The number of benzene rings is 1. The van der Waals surface area contributed by atoms with Crippen LogP contribution < -0.4 is 5.56 Å². The Hall–Kier alpha value is -2.47. The summed E-state index contributed by atoms with van der Waals surface area (Å²) in [7, 11) is 0. The molecule has 1 N–H and O–H groups in total. The zero-order valence-electron chi connectivity index (χ0n) is 17.0. The van der Waals surface area contributed by atoms with Crippen molar-refractivity contribution in [1.29, 1.82) is 0 Å². The summed E-state index contributed by atoms with van der Waals surface area (Å²) < 4.78 is 1.43. The number of nitrogens with zero attached hydrogens (tertiary/aromatic N) is 4. The molecule has 0 spiro atoms. The average Bonchev–Trinajstić information content (AvgIpc) is 2.92. The Bertz CT molecular complexity index is 1000. The molecule has 1 fully saturated rings. The van der Waals surface area contributed by atoms with Crippen molar-refractivity contribution < 1.29 is 0 Å². The molecule has 148 valence electrons. The van der Waals surface area contributed by atoms with Crippen molar-refractivity contribution in [3.63, 3.8) is 0 Å². The van der Waals surface area contributed by atoms with Gasteiger partial charge in [0.1, 0.15) is 0 Å². The van der Waals surface area contributed by atoms with Crippen molar-refractivity contribution in [2.24, 2.45) is 0 Å². The smallest absolute Gasteiger partial charge is 0.274 e. The fraction of sp³-hybridized carbons (Fsp3) is 0.500. The fourth-order valence-electron chi connectivity index (χ4n) is 3.79. The maximum absolute atomic E-state index is 12.6. The summed E-state index contributed by atoms with van der Waals surface area (Å²) in [6, 6.07) is 9.94. The van der Waals surface area contributed by atoms with Crippen molar-refractivity contribution in [2.75, 3.05) is 13.1 Å². The lowest BCUT2D eigenvalue weighted by molar-refractivity contribution is 0.273. The molecule has 1 aliphatic rings. The molecule has 0 saturated carbocycles. The van der Waals surface area contributed by atoms with Crippen molar-refractivity contribution in [1.82, 2.24) is 24.5 Å². The summed E-state index contributed by atoms with van der Waals surface area (Å²) in [5.74, 6) is 1.10. The lowest BCUT2D eigenvalue weighted by atomic mass is 9.87. The largest absolute Gasteiger partial charge is 0.298 e. The Morgan fingerprint density at radius 2 is 1.68 bits per heavy atom. The quantitative estimate of drug-likeness (QED) is 0.752. The van der Waals surface area contributed by atoms with Crippen LogP contribution >= 0.6 is 0 Å². The molecule has 4 rings (SSSR count). The fourth-order valence-corrected chi connectivity index (χ4v) is 3.79. The highest BCUT2D eigenvalue weighted by Gasteiger charge is 2.16. The third kappa shape index (κ3) is 4.02. The average molecular weight is 380 g/mol. The molecule has 6 nitrogen and oxygen atoms in total. The van der Waals surface area contributed by atoms with Gasteiger partial charge in [-0.25, -0.2) is 4.98 Å². The number of fused-ring (bicyclic) bond motifs is 1. The summed E-state index contributed by atoms with van der Waals surface area (Å²) in [4.78, 5) is 24.2. The molecule has 1 aromatic carbocycles. The van der Waals surface area contributed by atoms with Crippen LogP contribution in [0, 0.1) is 0 Å². The van der Waals surface area contributed by atoms with E-state index < -0.39 is 0 Å². The van der Waals surface area contributed by atoms with Crippen molar-refractivity contribution >= 4 is 5.78 Å². The van der Waals surface area contributed by atoms with Gasteiger partial charge in [-0.15, -0.1) is 0 Å². The van der Waals surface area contributed by atoms with Crippen molar-refractivity contribution in [3.05, 3.63) is 51.9 Å². The summed E-state index contributed by atoms with van der Waals surface area (Å²) in [6.07, 6.45) is 5.03. The minimum absolute atomic E-state index is 0.104. The minimum Gasteiger partial charge on any atom is -0.298 e. The lowest BCUT2D eigenvalue weighted by Gasteiger charge is -2.18. The third-order valence-corrected chi connectivity index (χ3v) is 5.49. The first-order chi connectivity index (χ1) is 13.4. The second-order valence-corrected chi connectivity index (χ2v) is 8.81. The number of hydrogen-bond acceptors (Lipinski definition) is 4. The molecule has 28 heavy (non-hydrogen) atoms. The zero-order chi connectivity index (χ0) is 19.7. The van der Waals surface area contributed by atoms with E-state index >= 15 is 0 Å². The first-order valence-corrected chi connectivity index (χ1v) is 10.2. The maximum atomic E-state index is 12.6. The Labute approximate surface area is 165 Å². The molecule has 0 amide bonds. The van der Waals surface area contributed by atoms with Crippen LogP contribution in [0.25, 0.3) is 17.2 Å². The number of aromatic amines is 1. The molecule has 3 aromatic rings. The standard InChI is InChI=1S/C22H29N5O/c1-22(2,3)17-10-8-16(9-11-17)20-24-21-23-18(14-19(28)27(21)25-20)15-26-12-6-4-5-7-13-26/h8-11,14H,4-7,12-13,15H2,1-3H3,(H,23,24,25). The Kier molecular flexibility index (Phi) is 5.06. The van der Waals surface area contributed by atoms with E-state index in [1.807, 2.05) is 12.1 Å². The first-order valence-electron chi connectivity index (χ1n) is 10.2. The van der Waals surface area contributed by atoms with Crippen LogP contribution in [0.2, 0.25) is 0 Å². The van der Waals surface area contributed by atoms with Gasteiger partial charge in [-0.1, -0.05) is 57.9 Å². The molecule has 0 unspecified atom stereocenters. The van der Waals surface area contributed by atoms with Crippen LogP contribution in [0.1, 0.15) is 57.7 Å². The highest BCUT2D eigenvalue weighted by atomic mass is 16.1. The second-order valence-electron chi connectivity index (χ2n) is 8.81. The maximum Gasteiger partial charge on any atom is 0.274 e. The number of nitrogens with one attached hydrogen (secondary N) is 1. The molecule has 0 bridgehead atoms. The van der Waals surface area contributed by atoms with Gasteiger partial charge < -0.3 is 0 Å². The molecule has 2 aromatic heterocycles. The third-order valence-electron chi connectivity index (χ3n) is 5.49. The molecule has 1 aliphatic heterocycles. The topological polar surface area (TPSA) is 66.3 Å². The molecule has 1 saturated heterocycles. The highest BCUT2D eigenvalue weighted by Crippen LogP contribution is 2.24. The van der Waals surface area contributed by atoms with Crippen LogP contribution in [0.3, 0.4) is 0 Å². The Balaban J connectivity index is 1.62. The van der Waals surface area contributed by atoms with E-state index in [1.54, 1.807) is 6.07 Å². The van der Waals surface area contributed by atoms with Crippen LogP contribution in [0.4, 0.5) is 0 Å². The number of aromatic nitrogens is 4. The predicted octanol–water partition coefficient (Wildman–Crippen LogP) is 3.76. The van der Waals surface area contributed by atoms with Gasteiger partial charge >= 0.3 is 0 Å². The minimum atomic E-state index is -0.111. The molecule has 0 atom stereocenters. The SMILES string of the molecule is CC(C)(C)c1ccc(-c2nc3nc(CN4CCCCCC4)cc(=O)n3[nH]2)cc1. The molecule has 6 heteroatoms. The molecule has 0 radical (unpaired) electrons. The van der Waals surface area contributed by atoms with Gasteiger partial charge in [0.25, 0.3) is 11.3 Å². The van der Waals surface area contributed by atoms with Gasteiger partial charge in [0.2, 0.25) is 0 Å². The predicted molar refractivity (Wildman–Crippen MR) is 111 cm³/mol. The van der Waals surface area contributed by atoms with Crippen LogP contribution in [0.15, 0.2) is 35.1 Å². The molecule has 3 heterocycles. The van der Waals surface area contributed by atoms with E-state index in [-0.39, 0.29) is 11.0 Å². The zero-order valence-corrected chi connectivity index (χ0v) is 17.0. The highest BCUT2D eigenvalue weighted by molar-refractivity contribution is 5.57. The number of hydrogen-bond donors (Lipinski definition) is 1. The van der Waals surface area contributed by atoms with Crippen molar-refractivity contribution in [3.8, 4) is 11.4 Å². The molecular formula is C22H29N5O. The summed E-state index contributed by atoms with van der Waals surface area (Å²) in [6.45, 7) is 9.45. The number of rotatable bonds is 3. The van der Waals surface area contributed by atoms with Gasteiger partial charge in [-0.05, 0) is 36.9 Å². The number of H-pyrrole nitrogens is 1. The van der Waals surface area contributed by atoms with Gasteiger partial charge in [-0.3, -0.25) is 14.8 Å². The van der Waals surface area contributed by atoms with E-state index in [2.05, 4.69) is 52.9 Å². The van der Waals surface area contributed by atoms with Crippen LogP contribution in [0.5, 0.6) is 0 Å². The monoisotopic (exact) mass is 379 g/mol. The first kappa shape index (κ1) is 18.9. The van der Waals surface area contributed by atoms with Gasteiger partial charge in [0.05, 0.1) is 5.69 Å². The van der Waals surface area contributed by atoms with Crippen LogP contribution in [-0.2, 0) is 12.0 Å². The summed E-state index contributed by atoms with van der Waals surface area (Å²) in [5.41, 5.74) is 3.01. The normalized spacial score (nSPS) is 16.4. The Morgan fingerprint density at radius 3 is 2.32 bits per heavy atom. The molecule has 0 aliphatic carbocycles. The van der Waals surface area contributed by atoms with Crippen molar-refractivity contribution in [2.45, 2.75) is 58.4 Å². The van der Waals surface area contributed by atoms with Gasteiger partial charge in [0.15, 0.2) is 5.82 Å². The molecular weight excluding hydrogens is 350 g/mol. The van der Waals surface area contributed by atoms with E-state index in [4.69, 9.17) is 0 Å². The summed E-state index contributed by atoms with van der Waals surface area (Å²) >= 11 is 0.